The Kier molecular flexibility index (Phi) is 8.34. The molecule has 1 heterocycles. The summed E-state index contributed by atoms with van der Waals surface area (Å²) < 4.78 is 16.1. The van der Waals surface area contributed by atoms with Crippen LogP contribution in [0.4, 0.5) is 28.8 Å². The number of hydrogen-bond donors (Lipinski definition) is 3. The topological polar surface area (TPSA) is 136 Å². The third-order valence-corrected chi connectivity index (χ3v) is 6.15. The van der Waals surface area contributed by atoms with E-state index >= 15 is 0 Å². The van der Waals surface area contributed by atoms with Gasteiger partial charge in [0.05, 0.1) is 38.8 Å². The summed E-state index contributed by atoms with van der Waals surface area (Å²) in [5, 5.41) is 12.3. The Hall–Kier alpha value is -4.41. The first kappa shape index (κ1) is 25.7. The maximum absolute atomic E-state index is 13.0. The van der Waals surface area contributed by atoms with Crippen LogP contribution < -0.4 is 30.2 Å². The van der Waals surface area contributed by atoms with Crippen molar-refractivity contribution in [2.24, 2.45) is 5.18 Å². The molecule has 3 N–H and O–H groups in total. The first-order valence-corrected chi connectivity index (χ1v) is 12.0. The number of aromatic nitrogens is 2. The van der Waals surface area contributed by atoms with E-state index in [9.17, 15) is 9.70 Å². The highest BCUT2D eigenvalue weighted by Gasteiger charge is 2.20. The van der Waals surface area contributed by atoms with E-state index in [1.165, 1.54) is 33.9 Å². The van der Waals surface area contributed by atoms with Gasteiger partial charge in [0.2, 0.25) is 11.7 Å². The van der Waals surface area contributed by atoms with Gasteiger partial charge in [0.25, 0.3) is 5.91 Å². The highest BCUT2D eigenvalue weighted by Crippen LogP contribution is 2.40. The van der Waals surface area contributed by atoms with Gasteiger partial charge < -0.3 is 30.2 Å². The molecule has 0 unspecified atom stereocenters. The van der Waals surface area contributed by atoms with E-state index in [2.05, 4.69) is 31.1 Å². The Morgan fingerprint density at radius 2 is 1.68 bits per heavy atom. The predicted molar refractivity (Wildman–Crippen MR) is 141 cm³/mol. The molecule has 0 bridgehead atoms. The van der Waals surface area contributed by atoms with Crippen LogP contribution in [-0.2, 0) is 0 Å². The van der Waals surface area contributed by atoms with Gasteiger partial charge >= 0.3 is 0 Å². The van der Waals surface area contributed by atoms with Crippen molar-refractivity contribution in [2.75, 3.05) is 32.0 Å². The van der Waals surface area contributed by atoms with E-state index in [0.29, 0.717) is 34.2 Å². The molecule has 194 valence electrons. The molecule has 11 nitrogen and oxygen atoms in total. The highest BCUT2D eigenvalue weighted by atomic mass is 16.5. The van der Waals surface area contributed by atoms with E-state index in [1.54, 1.807) is 36.4 Å². The average Bonchev–Trinajstić information content (AvgIpc) is 2.93. The zero-order valence-electron chi connectivity index (χ0n) is 21.0. The number of anilines is 4. The van der Waals surface area contributed by atoms with Gasteiger partial charge in [-0.1, -0.05) is 31.4 Å². The van der Waals surface area contributed by atoms with Crippen LogP contribution in [0.25, 0.3) is 0 Å². The second-order valence-corrected chi connectivity index (χ2v) is 8.54. The number of ether oxygens (including phenoxy) is 3. The summed E-state index contributed by atoms with van der Waals surface area (Å²) in [6.07, 6.45) is 6.67. The summed E-state index contributed by atoms with van der Waals surface area (Å²) in [7, 11) is 4.56. The summed E-state index contributed by atoms with van der Waals surface area (Å²) >= 11 is 0. The van der Waals surface area contributed by atoms with Crippen LogP contribution in [0, 0.1) is 4.91 Å². The van der Waals surface area contributed by atoms with Crippen molar-refractivity contribution >= 4 is 34.7 Å². The Bertz CT molecular complexity index is 1240. The third kappa shape index (κ3) is 6.05. The minimum atomic E-state index is -0.180. The number of carbonyl (C=O) groups is 1. The molecule has 3 aromatic rings. The highest BCUT2D eigenvalue weighted by molar-refractivity contribution is 6.00. The van der Waals surface area contributed by atoms with Gasteiger partial charge in [0, 0.05) is 23.9 Å². The quantitative estimate of drug-likeness (QED) is 0.307. The Morgan fingerprint density at radius 3 is 2.32 bits per heavy atom. The molecular weight excluding hydrogens is 476 g/mol. The fraction of sp³-hybridized carbons (Fsp3) is 0.346. The molecule has 1 aromatic heterocycles. The fourth-order valence-corrected chi connectivity index (χ4v) is 4.30. The number of nitrogens with one attached hydrogen (secondary N) is 3. The number of carbonyl (C=O) groups excluding carboxylic acids is 1. The lowest BCUT2D eigenvalue weighted by Crippen LogP contribution is -2.36. The molecule has 2 aromatic carbocycles. The Balaban J connectivity index is 1.59. The van der Waals surface area contributed by atoms with Crippen molar-refractivity contribution in [3.05, 3.63) is 53.1 Å². The van der Waals surface area contributed by atoms with E-state index in [0.717, 1.165) is 25.7 Å². The fourth-order valence-electron chi connectivity index (χ4n) is 4.30. The lowest BCUT2D eigenvalue weighted by atomic mass is 9.95. The number of hydrogen-bond acceptors (Lipinski definition) is 10. The molecule has 4 rings (SSSR count). The first-order valence-electron chi connectivity index (χ1n) is 12.0. The summed E-state index contributed by atoms with van der Waals surface area (Å²) in [6.45, 7) is 0. The van der Waals surface area contributed by atoms with E-state index in [1.807, 2.05) is 0 Å². The zero-order chi connectivity index (χ0) is 26.2. The second kappa shape index (κ2) is 12.0. The Morgan fingerprint density at radius 1 is 0.973 bits per heavy atom. The number of nitrogens with zero attached hydrogens (tertiary/aromatic N) is 3. The normalized spacial score (nSPS) is 13.4. The third-order valence-electron chi connectivity index (χ3n) is 6.15. The van der Waals surface area contributed by atoms with Crippen LogP contribution in [0.1, 0.15) is 42.5 Å². The number of rotatable bonds is 10. The average molecular weight is 507 g/mol. The van der Waals surface area contributed by atoms with Crippen LogP contribution in [0.5, 0.6) is 17.2 Å². The lowest BCUT2D eigenvalue weighted by Gasteiger charge is -2.23. The maximum atomic E-state index is 13.0. The molecule has 1 fully saturated rings. The van der Waals surface area contributed by atoms with Crippen molar-refractivity contribution in [1.29, 1.82) is 0 Å². The van der Waals surface area contributed by atoms with Crippen molar-refractivity contribution in [3.8, 4) is 17.2 Å². The van der Waals surface area contributed by atoms with Gasteiger partial charge in [-0.15, -0.1) is 4.91 Å². The summed E-state index contributed by atoms with van der Waals surface area (Å²) in [6, 6.07) is 10.6. The van der Waals surface area contributed by atoms with Crippen LogP contribution in [0.3, 0.4) is 0 Å². The minimum Gasteiger partial charge on any atom is -0.493 e. The molecule has 1 saturated carbocycles. The SMILES string of the molecule is COc1cc(Nc2ncc(N=O)c(Nc3ccccc3C(=O)NC3CCCCC3)n2)cc(OC)c1OC. The van der Waals surface area contributed by atoms with Gasteiger partial charge in [-0.25, -0.2) is 4.98 Å². The number of amides is 1. The molecule has 1 aliphatic carbocycles. The van der Waals surface area contributed by atoms with Crippen LogP contribution >= 0.6 is 0 Å². The zero-order valence-corrected chi connectivity index (χ0v) is 21.0. The molecule has 0 radical (unpaired) electrons. The summed E-state index contributed by atoms with van der Waals surface area (Å²) in [5.74, 6) is 1.51. The van der Waals surface area contributed by atoms with Gasteiger partial charge in [-0.05, 0) is 30.2 Å². The van der Waals surface area contributed by atoms with Gasteiger partial charge in [-0.2, -0.15) is 4.98 Å². The maximum Gasteiger partial charge on any atom is 0.253 e. The van der Waals surface area contributed by atoms with Gasteiger partial charge in [0.1, 0.15) is 0 Å². The van der Waals surface area contributed by atoms with E-state index in [-0.39, 0.29) is 29.4 Å². The summed E-state index contributed by atoms with van der Waals surface area (Å²) in [4.78, 5) is 33.2. The lowest BCUT2D eigenvalue weighted by molar-refractivity contribution is 0.0928. The molecule has 0 spiro atoms. The molecule has 11 heteroatoms. The van der Waals surface area contributed by atoms with E-state index in [4.69, 9.17) is 14.2 Å². The molecule has 0 saturated heterocycles. The van der Waals surface area contributed by atoms with Crippen molar-refractivity contribution in [2.45, 2.75) is 38.1 Å². The van der Waals surface area contributed by atoms with Crippen molar-refractivity contribution in [3.63, 3.8) is 0 Å². The molecule has 37 heavy (non-hydrogen) atoms. The Labute approximate surface area is 214 Å². The van der Waals surface area contributed by atoms with Crippen molar-refractivity contribution < 1.29 is 19.0 Å². The monoisotopic (exact) mass is 506 g/mol. The van der Waals surface area contributed by atoms with Gasteiger partial charge in [-0.3, -0.25) is 4.79 Å². The summed E-state index contributed by atoms with van der Waals surface area (Å²) in [5.41, 5.74) is 1.51. The molecule has 1 amide bonds. The largest absolute Gasteiger partial charge is 0.493 e. The number of benzene rings is 2. The van der Waals surface area contributed by atoms with Gasteiger partial charge in [0.15, 0.2) is 23.0 Å². The predicted octanol–water partition coefficient (Wildman–Crippen LogP) is 5.45. The number of methoxy groups -OCH3 is 3. The van der Waals surface area contributed by atoms with Crippen LogP contribution in [0.2, 0.25) is 0 Å². The van der Waals surface area contributed by atoms with Crippen LogP contribution in [-0.4, -0.2) is 43.2 Å². The van der Waals surface area contributed by atoms with E-state index < -0.39 is 0 Å². The standard InChI is InChI=1S/C26H30N6O5/c1-35-21-13-17(14-22(36-2)23(21)37-3)29-26-27-15-20(32-34)24(31-26)30-19-12-8-7-11-18(19)25(33)28-16-9-5-4-6-10-16/h7-8,11-16H,4-6,9-10H2,1-3H3,(H,28,33)(H2,27,29,30,31). The molecular formula is C26H30N6O5. The molecule has 0 atom stereocenters. The second-order valence-electron chi connectivity index (χ2n) is 8.54. The molecule has 1 aliphatic rings. The first-order chi connectivity index (χ1) is 18.1. The minimum absolute atomic E-state index is 0.00191. The number of nitroso groups, excluding NO2 is 1. The molecule has 0 aliphatic heterocycles. The van der Waals surface area contributed by atoms with Crippen molar-refractivity contribution in [1.82, 2.24) is 15.3 Å². The number of para-hydroxylation sites is 1. The van der Waals surface area contributed by atoms with Crippen LogP contribution in [0.15, 0.2) is 47.8 Å². The smallest absolute Gasteiger partial charge is 0.253 e.